The second kappa shape index (κ2) is 6.02. The molecule has 0 aromatic rings. The van der Waals surface area contributed by atoms with Crippen LogP contribution in [0.1, 0.15) is 40.0 Å². The molecule has 0 aromatic heterocycles. The summed E-state index contributed by atoms with van der Waals surface area (Å²) >= 11 is 0. The molecule has 20 heavy (non-hydrogen) atoms. The minimum absolute atomic E-state index is 0.0310. The average Bonchev–Trinajstić information content (AvgIpc) is 2.80. The van der Waals surface area contributed by atoms with Crippen molar-refractivity contribution < 1.29 is 14.7 Å². The lowest BCUT2D eigenvalue weighted by atomic mass is 9.87. The van der Waals surface area contributed by atoms with Gasteiger partial charge in [-0.2, -0.15) is 0 Å². The van der Waals surface area contributed by atoms with Gasteiger partial charge >= 0.3 is 12.0 Å². The van der Waals surface area contributed by atoms with Crippen molar-refractivity contribution in [3.8, 4) is 0 Å². The molecule has 2 saturated heterocycles. The highest BCUT2D eigenvalue weighted by Crippen LogP contribution is 2.28. The Kier molecular flexibility index (Phi) is 4.55. The molecule has 0 radical (unpaired) electrons. The Bertz CT molecular complexity index is 375. The van der Waals surface area contributed by atoms with Gasteiger partial charge in [0.15, 0.2) is 0 Å². The Balaban J connectivity index is 1.91. The van der Waals surface area contributed by atoms with Gasteiger partial charge in [-0.3, -0.25) is 4.79 Å². The van der Waals surface area contributed by atoms with E-state index in [9.17, 15) is 9.59 Å². The molecule has 0 spiro atoms. The lowest BCUT2D eigenvalue weighted by Crippen LogP contribution is -2.49. The van der Waals surface area contributed by atoms with Crippen LogP contribution in [0.2, 0.25) is 0 Å². The number of hydrogen-bond acceptors (Lipinski definition) is 2. The van der Waals surface area contributed by atoms with E-state index in [0.29, 0.717) is 24.8 Å². The van der Waals surface area contributed by atoms with Gasteiger partial charge in [-0.15, -0.1) is 0 Å². The van der Waals surface area contributed by atoms with Crippen LogP contribution in [0.15, 0.2) is 0 Å². The molecule has 2 aliphatic rings. The van der Waals surface area contributed by atoms with Crippen LogP contribution in [0.25, 0.3) is 0 Å². The molecular formula is C15H26N2O3. The first-order valence-corrected chi connectivity index (χ1v) is 7.70. The predicted molar refractivity (Wildman–Crippen MR) is 76.4 cm³/mol. The summed E-state index contributed by atoms with van der Waals surface area (Å²) in [6, 6.07) is -0.161. The van der Waals surface area contributed by atoms with E-state index in [1.807, 2.05) is 11.8 Å². The van der Waals surface area contributed by atoms with E-state index in [4.69, 9.17) is 5.11 Å². The average molecular weight is 282 g/mol. The summed E-state index contributed by atoms with van der Waals surface area (Å²) < 4.78 is 0. The molecule has 5 nitrogen and oxygen atoms in total. The monoisotopic (exact) mass is 282 g/mol. The van der Waals surface area contributed by atoms with Crippen LogP contribution in [0.4, 0.5) is 4.79 Å². The van der Waals surface area contributed by atoms with Crippen LogP contribution in [0.3, 0.4) is 0 Å². The highest BCUT2D eigenvalue weighted by atomic mass is 16.4. The lowest BCUT2D eigenvalue weighted by molar-refractivity contribution is -0.142. The standard InChI is InChI=1S/C15H26N2O3/c1-10(2)12-4-7-16(8-5-12)15(20)17-9-6-13(11(17)3)14(18)19/h10-13H,4-9H2,1-3H3,(H,18,19). The zero-order chi connectivity index (χ0) is 14.9. The second-order valence-corrected chi connectivity index (χ2v) is 6.52. The number of piperidine rings is 1. The SMILES string of the molecule is CC(C)C1CCN(C(=O)N2CCC(C(=O)O)C2C)CC1. The van der Waals surface area contributed by atoms with Gasteiger partial charge in [0.25, 0.3) is 0 Å². The molecule has 2 atom stereocenters. The molecule has 2 rings (SSSR count). The largest absolute Gasteiger partial charge is 0.481 e. The number of rotatable bonds is 2. The molecule has 2 fully saturated rings. The Hall–Kier alpha value is -1.26. The molecular weight excluding hydrogens is 256 g/mol. The van der Waals surface area contributed by atoms with Crippen LogP contribution in [0.5, 0.6) is 0 Å². The number of carboxylic acids is 1. The van der Waals surface area contributed by atoms with E-state index in [1.54, 1.807) is 4.90 Å². The van der Waals surface area contributed by atoms with Crippen molar-refractivity contribution in [2.45, 2.75) is 46.1 Å². The number of amides is 2. The number of likely N-dealkylation sites (tertiary alicyclic amines) is 2. The molecule has 114 valence electrons. The number of urea groups is 1. The Morgan fingerprint density at radius 2 is 1.70 bits per heavy atom. The summed E-state index contributed by atoms with van der Waals surface area (Å²) in [5.41, 5.74) is 0. The molecule has 1 N–H and O–H groups in total. The van der Waals surface area contributed by atoms with Crippen molar-refractivity contribution >= 4 is 12.0 Å². The van der Waals surface area contributed by atoms with Crippen molar-refractivity contribution in [2.24, 2.45) is 17.8 Å². The van der Waals surface area contributed by atoms with Gasteiger partial charge in [0, 0.05) is 25.7 Å². The van der Waals surface area contributed by atoms with E-state index in [1.165, 1.54) is 0 Å². The first-order valence-electron chi connectivity index (χ1n) is 7.70. The van der Waals surface area contributed by atoms with Crippen molar-refractivity contribution in [3.05, 3.63) is 0 Å². The van der Waals surface area contributed by atoms with Gasteiger partial charge in [-0.1, -0.05) is 13.8 Å². The van der Waals surface area contributed by atoms with Crippen LogP contribution in [-0.4, -0.2) is 52.6 Å². The smallest absolute Gasteiger partial charge is 0.320 e. The minimum Gasteiger partial charge on any atom is -0.481 e. The van der Waals surface area contributed by atoms with Crippen LogP contribution >= 0.6 is 0 Å². The number of hydrogen-bond donors (Lipinski definition) is 1. The minimum atomic E-state index is -0.786. The molecule has 0 aromatic carbocycles. The Morgan fingerprint density at radius 1 is 1.10 bits per heavy atom. The fourth-order valence-electron chi connectivity index (χ4n) is 3.48. The topological polar surface area (TPSA) is 60.9 Å². The van der Waals surface area contributed by atoms with E-state index in [0.717, 1.165) is 25.9 Å². The van der Waals surface area contributed by atoms with Crippen molar-refractivity contribution in [2.75, 3.05) is 19.6 Å². The second-order valence-electron chi connectivity index (χ2n) is 6.52. The van der Waals surface area contributed by atoms with Gasteiger partial charge in [0.05, 0.1) is 5.92 Å². The first-order chi connectivity index (χ1) is 9.41. The Labute approximate surface area is 120 Å². The van der Waals surface area contributed by atoms with Gasteiger partial charge in [-0.05, 0) is 38.0 Å². The van der Waals surface area contributed by atoms with E-state index < -0.39 is 11.9 Å². The number of aliphatic carboxylic acids is 1. The molecule has 2 unspecified atom stereocenters. The summed E-state index contributed by atoms with van der Waals surface area (Å²) in [6.07, 6.45) is 2.70. The number of carboxylic acid groups (broad SMARTS) is 1. The summed E-state index contributed by atoms with van der Waals surface area (Å²) in [6.45, 7) is 8.52. The molecule has 5 heteroatoms. The zero-order valence-electron chi connectivity index (χ0n) is 12.7. The van der Waals surface area contributed by atoms with Gasteiger partial charge < -0.3 is 14.9 Å². The summed E-state index contributed by atoms with van der Waals surface area (Å²) in [7, 11) is 0. The van der Waals surface area contributed by atoms with Gasteiger partial charge in [0.2, 0.25) is 0 Å². The number of carbonyl (C=O) groups is 2. The lowest BCUT2D eigenvalue weighted by Gasteiger charge is -2.37. The molecule has 2 aliphatic heterocycles. The van der Waals surface area contributed by atoms with Gasteiger partial charge in [0.1, 0.15) is 0 Å². The Morgan fingerprint density at radius 3 is 2.15 bits per heavy atom. The fourth-order valence-corrected chi connectivity index (χ4v) is 3.48. The normalized spacial score (nSPS) is 28.2. The molecule has 0 aliphatic carbocycles. The summed E-state index contributed by atoms with van der Waals surface area (Å²) in [4.78, 5) is 27.3. The molecule has 0 saturated carbocycles. The van der Waals surface area contributed by atoms with Crippen molar-refractivity contribution in [1.29, 1.82) is 0 Å². The number of carbonyl (C=O) groups excluding carboxylic acids is 1. The predicted octanol–water partition coefficient (Wildman–Crippen LogP) is 2.27. The van der Waals surface area contributed by atoms with Gasteiger partial charge in [-0.25, -0.2) is 4.79 Å². The van der Waals surface area contributed by atoms with Crippen molar-refractivity contribution in [1.82, 2.24) is 9.80 Å². The third kappa shape index (κ3) is 2.91. The maximum atomic E-state index is 12.5. The third-order valence-electron chi connectivity index (χ3n) is 5.07. The highest BCUT2D eigenvalue weighted by molar-refractivity contribution is 5.78. The fraction of sp³-hybridized carbons (Fsp3) is 0.867. The van der Waals surface area contributed by atoms with Crippen molar-refractivity contribution in [3.63, 3.8) is 0 Å². The highest BCUT2D eigenvalue weighted by Gasteiger charge is 2.40. The summed E-state index contributed by atoms with van der Waals surface area (Å²) in [5.74, 6) is 0.189. The van der Waals surface area contributed by atoms with Crippen LogP contribution < -0.4 is 0 Å². The van der Waals surface area contributed by atoms with Crippen LogP contribution in [-0.2, 0) is 4.79 Å². The maximum Gasteiger partial charge on any atom is 0.320 e. The first kappa shape index (κ1) is 15.1. The maximum absolute atomic E-state index is 12.5. The molecule has 0 bridgehead atoms. The molecule has 2 heterocycles. The van der Waals surface area contributed by atoms with E-state index in [-0.39, 0.29) is 12.1 Å². The zero-order valence-corrected chi connectivity index (χ0v) is 12.7. The number of nitrogens with zero attached hydrogens (tertiary/aromatic N) is 2. The van der Waals surface area contributed by atoms with Crippen LogP contribution in [0, 0.1) is 17.8 Å². The summed E-state index contributed by atoms with van der Waals surface area (Å²) in [5, 5.41) is 9.14. The quantitative estimate of drug-likeness (QED) is 0.845. The van der Waals surface area contributed by atoms with E-state index >= 15 is 0 Å². The van der Waals surface area contributed by atoms with E-state index in [2.05, 4.69) is 13.8 Å². The third-order valence-corrected chi connectivity index (χ3v) is 5.07. The molecule has 2 amide bonds.